The van der Waals surface area contributed by atoms with Gasteiger partial charge >= 0.3 is 0 Å². The van der Waals surface area contributed by atoms with Crippen LogP contribution in [0.2, 0.25) is 0 Å². The van der Waals surface area contributed by atoms with E-state index in [-0.39, 0.29) is 24.2 Å². The van der Waals surface area contributed by atoms with Crippen LogP contribution in [0.3, 0.4) is 0 Å². The lowest BCUT2D eigenvalue weighted by atomic mass is 9.79. The summed E-state index contributed by atoms with van der Waals surface area (Å²) in [7, 11) is 1.60. The van der Waals surface area contributed by atoms with E-state index >= 15 is 0 Å². The van der Waals surface area contributed by atoms with Crippen LogP contribution in [0.4, 0.5) is 4.39 Å². The third-order valence-electron chi connectivity index (χ3n) is 8.09. The largest absolute Gasteiger partial charge is 0.497 e. The summed E-state index contributed by atoms with van der Waals surface area (Å²) in [6, 6.07) is 30.8. The van der Waals surface area contributed by atoms with Crippen molar-refractivity contribution in [3.05, 3.63) is 137 Å². The number of rotatable bonds is 12. The first-order valence-corrected chi connectivity index (χ1v) is 14.8. The predicted octanol–water partition coefficient (Wildman–Crippen LogP) is 6.34. The minimum absolute atomic E-state index is 0.129. The van der Waals surface area contributed by atoms with Crippen molar-refractivity contribution in [2.24, 2.45) is 0 Å². The van der Waals surface area contributed by atoms with Crippen molar-refractivity contribution in [2.75, 3.05) is 26.7 Å². The number of fused-ring (bicyclic) bond motifs is 1. The van der Waals surface area contributed by atoms with Crippen molar-refractivity contribution >= 4 is 11.8 Å². The number of methoxy groups -OCH3 is 1. The maximum Gasteiger partial charge on any atom is 0.255 e. The lowest BCUT2D eigenvalue weighted by molar-refractivity contribution is -0.124. The molecule has 6 nitrogen and oxygen atoms in total. The van der Waals surface area contributed by atoms with Gasteiger partial charge in [-0.1, -0.05) is 79.7 Å². The molecule has 222 valence electrons. The van der Waals surface area contributed by atoms with E-state index in [2.05, 4.69) is 41.4 Å². The highest BCUT2D eigenvalue weighted by Crippen LogP contribution is 2.44. The Balaban J connectivity index is 1.40. The van der Waals surface area contributed by atoms with E-state index in [0.29, 0.717) is 23.4 Å². The minimum Gasteiger partial charge on any atom is -0.497 e. The molecule has 0 saturated heterocycles. The Morgan fingerprint density at radius 2 is 1.60 bits per heavy atom. The number of carbonyl (C=O) groups excluding carboxylic acids is 2. The molecule has 4 aromatic rings. The Bertz CT molecular complexity index is 1510. The number of hydrogen-bond donors (Lipinski definition) is 1. The lowest BCUT2D eigenvalue weighted by Gasteiger charge is -2.42. The zero-order valence-corrected chi connectivity index (χ0v) is 24.7. The molecule has 7 heteroatoms. The Hall–Kier alpha value is -4.49. The summed E-state index contributed by atoms with van der Waals surface area (Å²) in [6.07, 6.45) is 0.798. The molecule has 5 rings (SSSR count). The number of carbonyl (C=O) groups is 2. The highest BCUT2D eigenvalue weighted by atomic mass is 19.1. The molecular weight excluding hydrogens is 541 g/mol. The van der Waals surface area contributed by atoms with Crippen LogP contribution in [0.5, 0.6) is 5.75 Å². The van der Waals surface area contributed by atoms with Gasteiger partial charge in [-0.15, -0.1) is 0 Å². The number of nitrogens with one attached hydrogen (secondary N) is 1. The molecule has 2 unspecified atom stereocenters. The molecule has 0 fully saturated rings. The van der Waals surface area contributed by atoms with Gasteiger partial charge in [-0.05, 0) is 65.6 Å². The molecule has 0 bridgehead atoms. The van der Waals surface area contributed by atoms with Crippen molar-refractivity contribution in [2.45, 2.75) is 38.4 Å². The second-order valence-electron chi connectivity index (χ2n) is 10.8. The van der Waals surface area contributed by atoms with Gasteiger partial charge in [0.1, 0.15) is 11.6 Å². The summed E-state index contributed by atoms with van der Waals surface area (Å²) < 4.78 is 19.1. The molecule has 0 aliphatic carbocycles. The number of benzene rings is 4. The van der Waals surface area contributed by atoms with Crippen molar-refractivity contribution in [1.82, 2.24) is 15.1 Å². The molecule has 1 heterocycles. The molecule has 43 heavy (non-hydrogen) atoms. The fourth-order valence-electron chi connectivity index (χ4n) is 5.82. The normalized spacial score (nSPS) is 16.2. The smallest absolute Gasteiger partial charge is 0.255 e. The van der Waals surface area contributed by atoms with E-state index in [4.69, 9.17) is 4.74 Å². The summed E-state index contributed by atoms with van der Waals surface area (Å²) in [5, 5.41) is 3.19. The van der Waals surface area contributed by atoms with Crippen molar-refractivity contribution < 1.29 is 18.7 Å². The van der Waals surface area contributed by atoms with Gasteiger partial charge in [-0.25, -0.2) is 4.39 Å². The number of ether oxygens (including phenoxy) is 1. The first kappa shape index (κ1) is 30.0. The molecule has 0 spiro atoms. The first-order valence-electron chi connectivity index (χ1n) is 14.8. The van der Waals surface area contributed by atoms with E-state index in [9.17, 15) is 14.0 Å². The highest BCUT2D eigenvalue weighted by Gasteiger charge is 2.44. The minimum atomic E-state index is -0.630. The number of amides is 2. The van der Waals surface area contributed by atoms with Crippen LogP contribution in [0.1, 0.15) is 57.9 Å². The monoisotopic (exact) mass is 579 g/mol. The summed E-state index contributed by atoms with van der Waals surface area (Å²) in [4.78, 5) is 32.2. The van der Waals surface area contributed by atoms with Gasteiger partial charge in [0.25, 0.3) is 5.91 Å². The molecule has 0 aromatic heterocycles. The van der Waals surface area contributed by atoms with Crippen molar-refractivity contribution in [3.8, 4) is 5.75 Å². The van der Waals surface area contributed by atoms with Crippen molar-refractivity contribution in [1.29, 1.82) is 0 Å². The summed E-state index contributed by atoms with van der Waals surface area (Å²) in [6.45, 7) is 5.53. The average molecular weight is 580 g/mol. The third kappa shape index (κ3) is 7.12. The van der Waals surface area contributed by atoms with E-state index in [0.717, 1.165) is 37.2 Å². The fourth-order valence-corrected chi connectivity index (χ4v) is 5.82. The van der Waals surface area contributed by atoms with E-state index in [1.165, 1.54) is 17.7 Å². The Morgan fingerprint density at radius 1 is 0.907 bits per heavy atom. The van der Waals surface area contributed by atoms with Crippen LogP contribution >= 0.6 is 0 Å². The molecule has 0 saturated carbocycles. The van der Waals surface area contributed by atoms with E-state index < -0.39 is 12.0 Å². The predicted molar refractivity (Wildman–Crippen MR) is 166 cm³/mol. The van der Waals surface area contributed by atoms with Gasteiger partial charge in [-0.3, -0.25) is 14.5 Å². The van der Waals surface area contributed by atoms with E-state index in [1.807, 2.05) is 48.5 Å². The van der Waals surface area contributed by atoms with Gasteiger partial charge in [0, 0.05) is 31.7 Å². The van der Waals surface area contributed by atoms with Gasteiger partial charge in [0.05, 0.1) is 19.1 Å². The average Bonchev–Trinajstić information content (AvgIpc) is 3.05. The van der Waals surface area contributed by atoms with Crippen LogP contribution in [0.25, 0.3) is 0 Å². The molecule has 2 amide bonds. The lowest BCUT2D eigenvalue weighted by Crippen LogP contribution is -2.47. The van der Waals surface area contributed by atoms with Crippen LogP contribution in [-0.2, 0) is 17.9 Å². The quantitative estimate of drug-likeness (QED) is 0.199. The van der Waals surface area contributed by atoms with Crippen LogP contribution in [0, 0.1) is 5.82 Å². The topological polar surface area (TPSA) is 61.9 Å². The Kier molecular flexibility index (Phi) is 9.84. The molecule has 2 atom stereocenters. The van der Waals surface area contributed by atoms with Gasteiger partial charge < -0.3 is 15.0 Å². The first-order chi connectivity index (χ1) is 21.0. The highest BCUT2D eigenvalue weighted by molar-refractivity contribution is 6.01. The zero-order chi connectivity index (χ0) is 30.2. The third-order valence-corrected chi connectivity index (χ3v) is 8.09. The molecule has 1 aliphatic heterocycles. The van der Waals surface area contributed by atoms with Gasteiger partial charge in [0.2, 0.25) is 5.91 Å². The maximum absolute atomic E-state index is 14.1. The summed E-state index contributed by atoms with van der Waals surface area (Å²) in [5.41, 5.74) is 4.09. The number of hydrogen-bond acceptors (Lipinski definition) is 4. The number of nitrogens with zero attached hydrogens (tertiary/aromatic N) is 2. The summed E-state index contributed by atoms with van der Waals surface area (Å²) in [5.74, 6) is -0.573. The molecule has 4 aromatic carbocycles. The second-order valence-corrected chi connectivity index (χ2v) is 10.8. The molecule has 1 N–H and O–H groups in total. The Labute approximate surface area is 253 Å². The summed E-state index contributed by atoms with van der Waals surface area (Å²) >= 11 is 0. The standard InChI is InChI=1S/C36H38FN3O3/c1-3-39(24-26-10-5-4-6-11-26)23-9-22-38-35(41)33-31-12-7-8-13-32(31)36(42)40(25-27-14-18-29(37)19-15-27)34(33)28-16-20-30(43-2)21-17-28/h4-8,10-21,33-34H,3,9,22-25H2,1-2H3,(H,38,41). The molecule has 0 radical (unpaired) electrons. The molecular formula is C36H38FN3O3. The van der Waals surface area contributed by atoms with Crippen LogP contribution < -0.4 is 10.1 Å². The van der Waals surface area contributed by atoms with Gasteiger partial charge in [0.15, 0.2) is 0 Å². The van der Waals surface area contributed by atoms with Crippen molar-refractivity contribution in [3.63, 3.8) is 0 Å². The van der Waals surface area contributed by atoms with Gasteiger partial charge in [-0.2, -0.15) is 0 Å². The number of halogens is 1. The Morgan fingerprint density at radius 3 is 2.30 bits per heavy atom. The second kappa shape index (κ2) is 14.1. The van der Waals surface area contributed by atoms with E-state index in [1.54, 1.807) is 30.2 Å². The zero-order valence-electron chi connectivity index (χ0n) is 24.7. The SMILES string of the molecule is CCN(CCCNC(=O)C1c2ccccc2C(=O)N(Cc2ccc(F)cc2)C1c1ccc(OC)cc1)Cc1ccccc1. The van der Waals surface area contributed by atoms with Crippen LogP contribution in [-0.4, -0.2) is 48.4 Å². The molecule has 1 aliphatic rings. The fraction of sp³-hybridized carbons (Fsp3) is 0.278. The maximum atomic E-state index is 14.1. The van der Waals surface area contributed by atoms with Crippen LogP contribution in [0.15, 0.2) is 103 Å².